The van der Waals surface area contributed by atoms with E-state index in [0.717, 1.165) is 25.7 Å². The number of rotatable bonds is 11. The lowest BCUT2D eigenvalue weighted by atomic mass is 10.1. The molecule has 0 saturated heterocycles. The van der Waals surface area contributed by atoms with Crippen molar-refractivity contribution in [3.8, 4) is 0 Å². The Morgan fingerprint density at radius 2 is 1.86 bits per heavy atom. The quantitative estimate of drug-likeness (QED) is 0.196. The van der Waals surface area contributed by atoms with Gasteiger partial charge in [0, 0.05) is 12.5 Å². The van der Waals surface area contributed by atoms with Crippen LogP contribution in [0.15, 0.2) is 12.2 Å². The van der Waals surface area contributed by atoms with Gasteiger partial charge in [0.05, 0.1) is 27.7 Å². The van der Waals surface area contributed by atoms with Crippen LogP contribution in [-0.2, 0) is 18.6 Å². The minimum Gasteiger partial charge on any atom is -0.463 e. The Morgan fingerprint density at radius 3 is 2.36 bits per heavy atom. The largest absolute Gasteiger partial charge is 0.469 e. The van der Waals surface area contributed by atoms with Crippen LogP contribution < -0.4 is 0 Å². The van der Waals surface area contributed by atoms with Crippen molar-refractivity contribution in [3.63, 3.8) is 0 Å². The predicted octanol–water partition coefficient (Wildman–Crippen LogP) is 1.85. The molecule has 22 heavy (non-hydrogen) atoms. The second-order valence-electron chi connectivity index (χ2n) is 6.07. The average Bonchev–Trinajstić information content (AvgIpc) is 2.34. The summed E-state index contributed by atoms with van der Waals surface area (Å²) in [5.41, 5.74) is 0. The van der Waals surface area contributed by atoms with Crippen LogP contribution in [0.4, 0.5) is 0 Å². The molecule has 0 fully saturated rings. The SMILES string of the molecule is CC=CC(=O)OCCCCCC(COP(=O)(O)O)[N+](C)(C)C. The summed E-state index contributed by atoms with van der Waals surface area (Å²) in [5, 5.41) is 0. The third kappa shape index (κ3) is 11.9. The zero-order valence-corrected chi connectivity index (χ0v) is 14.8. The van der Waals surface area contributed by atoms with Crippen molar-refractivity contribution in [1.82, 2.24) is 0 Å². The predicted molar refractivity (Wildman–Crippen MR) is 84.1 cm³/mol. The highest BCUT2D eigenvalue weighted by molar-refractivity contribution is 7.46. The Balaban J connectivity index is 4.00. The number of esters is 1. The fourth-order valence-electron chi connectivity index (χ4n) is 1.89. The highest BCUT2D eigenvalue weighted by Gasteiger charge is 2.27. The minimum atomic E-state index is -4.43. The van der Waals surface area contributed by atoms with Crippen molar-refractivity contribution in [2.24, 2.45) is 0 Å². The number of quaternary nitrogens is 1. The van der Waals surface area contributed by atoms with Crippen LogP contribution in [-0.4, -0.2) is 60.6 Å². The van der Waals surface area contributed by atoms with Crippen LogP contribution in [0.2, 0.25) is 0 Å². The van der Waals surface area contributed by atoms with Crippen LogP contribution in [0.5, 0.6) is 0 Å². The highest BCUT2D eigenvalue weighted by atomic mass is 31.2. The van der Waals surface area contributed by atoms with Crippen molar-refractivity contribution in [3.05, 3.63) is 12.2 Å². The fraction of sp³-hybridized carbons (Fsp3) is 0.786. The van der Waals surface area contributed by atoms with Crippen LogP contribution in [0, 0.1) is 0 Å². The molecule has 0 amide bonds. The Kier molecular flexibility index (Phi) is 9.80. The maximum absolute atomic E-state index is 11.1. The third-order valence-corrected chi connectivity index (χ3v) is 3.74. The van der Waals surface area contributed by atoms with Gasteiger partial charge >= 0.3 is 13.8 Å². The molecule has 1 atom stereocenters. The van der Waals surface area contributed by atoms with Crippen molar-refractivity contribution in [2.45, 2.75) is 38.6 Å². The molecule has 0 aromatic carbocycles. The van der Waals surface area contributed by atoms with Gasteiger partial charge in [-0.1, -0.05) is 6.08 Å². The smallest absolute Gasteiger partial charge is 0.463 e. The number of carbonyl (C=O) groups excluding carboxylic acids is 1. The molecule has 2 N–H and O–H groups in total. The lowest BCUT2D eigenvalue weighted by Crippen LogP contribution is -2.47. The van der Waals surface area contributed by atoms with E-state index in [1.165, 1.54) is 6.08 Å². The number of phosphoric acid groups is 1. The molecule has 130 valence electrons. The van der Waals surface area contributed by atoms with Gasteiger partial charge in [-0.25, -0.2) is 9.36 Å². The van der Waals surface area contributed by atoms with E-state index >= 15 is 0 Å². The zero-order valence-electron chi connectivity index (χ0n) is 13.9. The summed E-state index contributed by atoms with van der Waals surface area (Å²) < 4.78 is 21.0. The summed E-state index contributed by atoms with van der Waals surface area (Å²) >= 11 is 0. The molecular weight excluding hydrogens is 309 g/mol. The molecule has 0 radical (unpaired) electrons. The molecule has 0 aliphatic rings. The molecule has 7 nitrogen and oxygen atoms in total. The number of hydrogen-bond acceptors (Lipinski definition) is 4. The Bertz CT molecular complexity index is 399. The number of phosphoric ester groups is 1. The number of carbonyl (C=O) groups is 1. The molecule has 0 aliphatic heterocycles. The topological polar surface area (TPSA) is 93.1 Å². The minimum absolute atomic E-state index is 0.00167. The molecule has 0 aliphatic carbocycles. The first-order valence-corrected chi connectivity index (χ1v) is 8.90. The van der Waals surface area contributed by atoms with Crippen LogP contribution in [0.25, 0.3) is 0 Å². The molecule has 0 saturated carbocycles. The standard InChI is InChI=1S/C14H28NO6P/c1-5-9-14(16)20-11-8-6-7-10-13(15(2,3)4)12-21-22(17,18)19/h5,9,13H,6-8,10-12H2,1-4H3,(H-,17,18,19)/p+1. The van der Waals surface area contributed by atoms with E-state index < -0.39 is 7.82 Å². The van der Waals surface area contributed by atoms with Gasteiger partial charge in [-0.3, -0.25) is 4.52 Å². The number of nitrogens with zero attached hydrogens (tertiary/aromatic N) is 1. The van der Waals surface area contributed by atoms with E-state index in [1.54, 1.807) is 13.0 Å². The molecule has 0 rings (SSSR count). The van der Waals surface area contributed by atoms with Gasteiger partial charge in [-0.2, -0.15) is 0 Å². The van der Waals surface area contributed by atoms with E-state index in [2.05, 4.69) is 4.52 Å². The number of unbranched alkanes of at least 4 members (excludes halogenated alkanes) is 2. The molecule has 0 heterocycles. The number of ether oxygens (including phenoxy) is 1. The Hall–Kier alpha value is -0.720. The van der Waals surface area contributed by atoms with Gasteiger partial charge in [-0.05, 0) is 26.2 Å². The molecule has 0 bridgehead atoms. The monoisotopic (exact) mass is 338 g/mol. The van der Waals surface area contributed by atoms with Crippen molar-refractivity contribution >= 4 is 13.8 Å². The molecule has 0 aromatic rings. The van der Waals surface area contributed by atoms with Crippen molar-refractivity contribution in [1.29, 1.82) is 0 Å². The van der Waals surface area contributed by atoms with Gasteiger partial charge in [0.2, 0.25) is 0 Å². The van der Waals surface area contributed by atoms with Gasteiger partial charge in [-0.15, -0.1) is 0 Å². The third-order valence-electron chi connectivity index (χ3n) is 3.26. The Morgan fingerprint density at radius 1 is 1.23 bits per heavy atom. The molecule has 8 heteroatoms. The fourth-order valence-corrected chi connectivity index (χ4v) is 2.26. The first-order valence-electron chi connectivity index (χ1n) is 7.37. The second kappa shape index (κ2) is 10.1. The molecular formula is C14H29NO6P+. The number of likely N-dealkylation sites (N-methyl/N-ethyl adjacent to an activating group) is 1. The van der Waals surface area contributed by atoms with E-state index in [-0.39, 0.29) is 18.6 Å². The van der Waals surface area contributed by atoms with Crippen molar-refractivity contribution in [2.75, 3.05) is 34.4 Å². The maximum Gasteiger partial charge on any atom is 0.469 e. The van der Waals surface area contributed by atoms with Crippen molar-refractivity contribution < 1.29 is 32.9 Å². The summed E-state index contributed by atoms with van der Waals surface area (Å²) in [4.78, 5) is 28.7. The maximum atomic E-state index is 11.1. The number of hydrogen-bond donors (Lipinski definition) is 2. The second-order valence-corrected chi connectivity index (χ2v) is 7.31. The van der Waals surface area contributed by atoms with E-state index in [9.17, 15) is 9.36 Å². The average molecular weight is 338 g/mol. The van der Waals surface area contributed by atoms with Gasteiger partial charge < -0.3 is 19.0 Å². The normalized spacial score (nSPS) is 14.3. The summed E-state index contributed by atoms with van der Waals surface area (Å²) in [7, 11) is 1.46. The van der Waals surface area contributed by atoms with E-state index in [1.807, 2.05) is 21.1 Å². The molecule has 1 unspecified atom stereocenters. The van der Waals surface area contributed by atoms with Crippen LogP contribution in [0.3, 0.4) is 0 Å². The van der Waals surface area contributed by atoms with Crippen LogP contribution in [0.1, 0.15) is 32.6 Å². The van der Waals surface area contributed by atoms with Gasteiger partial charge in [0.1, 0.15) is 12.6 Å². The lowest BCUT2D eigenvalue weighted by molar-refractivity contribution is -0.896. The summed E-state index contributed by atoms with van der Waals surface area (Å²) in [6.45, 7) is 2.16. The Labute approximate surface area is 132 Å². The summed E-state index contributed by atoms with van der Waals surface area (Å²) in [5.74, 6) is -0.332. The van der Waals surface area contributed by atoms with Crippen LogP contribution >= 0.6 is 7.82 Å². The van der Waals surface area contributed by atoms with E-state index in [0.29, 0.717) is 11.1 Å². The first kappa shape index (κ1) is 21.3. The number of allylic oxidation sites excluding steroid dienone is 1. The summed E-state index contributed by atoms with van der Waals surface area (Å²) in [6, 6.07) is -0.00167. The lowest BCUT2D eigenvalue weighted by Gasteiger charge is -2.34. The first-order chi connectivity index (χ1) is 10.1. The molecule has 0 spiro atoms. The molecule has 0 aromatic heterocycles. The zero-order chi connectivity index (χ0) is 17.2. The summed E-state index contributed by atoms with van der Waals surface area (Å²) in [6.07, 6.45) is 6.34. The van der Waals surface area contributed by atoms with E-state index in [4.69, 9.17) is 14.5 Å². The highest BCUT2D eigenvalue weighted by Crippen LogP contribution is 2.36. The van der Waals surface area contributed by atoms with Gasteiger partial charge in [0.15, 0.2) is 0 Å². The van der Waals surface area contributed by atoms with Gasteiger partial charge in [0.25, 0.3) is 0 Å².